The monoisotopic (exact) mass is 410 g/mol. The Morgan fingerprint density at radius 1 is 1.00 bits per heavy atom. The minimum atomic E-state index is -0.783. The third-order valence-electron chi connectivity index (χ3n) is 5.13. The van der Waals surface area contributed by atoms with E-state index in [0.717, 1.165) is 53.9 Å². The smallest absolute Gasteiger partial charge is 0.303 e. The van der Waals surface area contributed by atoms with Crippen molar-refractivity contribution in [1.29, 1.82) is 0 Å². The van der Waals surface area contributed by atoms with Crippen molar-refractivity contribution in [1.82, 2.24) is 0 Å². The van der Waals surface area contributed by atoms with Gasteiger partial charge >= 0.3 is 5.97 Å². The highest BCUT2D eigenvalue weighted by Crippen LogP contribution is 2.32. The fraction of sp³-hybridized carbons (Fsp3) is 0.400. The van der Waals surface area contributed by atoms with Gasteiger partial charge in [0.05, 0.1) is 19.5 Å². The first-order chi connectivity index (χ1) is 14.6. The van der Waals surface area contributed by atoms with Crippen LogP contribution in [-0.4, -0.2) is 24.3 Å². The number of carboxylic acid groups (broad SMARTS) is 1. The Balaban J connectivity index is 1.50. The van der Waals surface area contributed by atoms with E-state index in [1.165, 1.54) is 10.9 Å². The van der Waals surface area contributed by atoms with E-state index in [2.05, 4.69) is 26.0 Å². The summed E-state index contributed by atoms with van der Waals surface area (Å²) in [4.78, 5) is 10.6. The lowest BCUT2D eigenvalue weighted by atomic mass is 10.0. The lowest BCUT2D eigenvalue weighted by Gasteiger charge is -2.12. The Morgan fingerprint density at radius 3 is 2.47 bits per heavy atom. The molecular formula is C25H30O5. The number of aliphatic carboxylic acids is 1. The third-order valence-corrected chi connectivity index (χ3v) is 5.13. The minimum absolute atomic E-state index is 0.140. The molecule has 0 aliphatic heterocycles. The second-order valence-corrected chi connectivity index (χ2v) is 7.37. The fourth-order valence-corrected chi connectivity index (χ4v) is 3.52. The molecule has 2 aromatic carbocycles. The molecule has 0 spiro atoms. The van der Waals surface area contributed by atoms with Gasteiger partial charge < -0.3 is 19.0 Å². The second-order valence-electron chi connectivity index (χ2n) is 7.37. The van der Waals surface area contributed by atoms with Gasteiger partial charge in [-0.1, -0.05) is 32.4 Å². The molecule has 3 aromatic rings. The van der Waals surface area contributed by atoms with E-state index in [1.54, 1.807) is 0 Å². The van der Waals surface area contributed by atoms with Gasteiger partial charge in [-0.05, 0) is 54.7 Å². The minimum Gasteiger partial charge on any atom is -0.493 e. The first kappa shape index (κ1) is 21.8. The SMILES string of the molecule is CCCc1c(OCCCOc2ccc(CCC(=O)O)cc2)ccc2c(CC)coc12. The van der Waals surface area contributed by atoms with Gasteiger partial charge in [0, 0.05) is 23.8 Å². The number of ether oxygens (including phenoxy) is 2. The molecule has 160 valence electrons. The van der Waals surface area contributed by atoms with Gasteiger partial charge in [-0.3, -0.25) is 4.79 Å². The molecular weight excluding hydrogens is 380 g/mol. The molecule has 5 nitrogen and oxygen atoms in total. The Kier molecular flexibility index (Phi) is 7.77. The van der Waals surface area contributed by atoms with Gasteiger partial charge in [0.2, 0.25) is 0 Å². The topological polar surface area (TPSA) is 68.9 Å². The number of aryl methyl sites for hydroxylation is 3. The second kappa shape index (κ2) is 10.7. The average molecular weight is 411 g/mol. The molecule has 0 atom stereocenters. The lowest BCUT2D eigenvalue weighted by Crippen LogP contribution is -2.06. The maximum Gasteiger partial charge on any atom is 0.303 e. The molecule has 1 aromatic heterocycles. The molecule has 3 rings (SSSR count). The molecule has 0 saturated heterocycles. The number of furan rings is 1. The summed E-state index contributed by atoms with van der Waals surface area (Å²) in [6, 6.07) is 11.7. The first-order valence-electron chi connectivity index (χ1n) is 10.7. The summed E-state index contributed by atoms with van der Waals surface area (Å²) in [6.45, 7) is 5.42. The van der Waals surface area contributed by atoms with Crippen LogP contribution < -0.4 is 9.47 Å². The van der Waals surface area contributed by atoms with Crippen LogP contribution in [0.15, 0.2) is 47.1 Å². The number of hydrogen-bond donors (Lipinski definition) is 1. The summed E-state index contributed by atoms with van der Waals surface area (Å²) in [6.07, 6.45) is 6.20. The summed E-state index contributed by atoms with van der Waals surface area (Å²) < 4.78 is 17.7. The normalized spacial score (nSPS) is 11.0. The maximum absolute atomic E-state index is 10.6. The standard InChI is InChI=1S/C25H30O5/c1-3-6-22-23(13-12-21-19(4-2)17-30-25(21)22)29-16-5-15-28-20-10-7-18(8-11-20)9-14-24(26)27/h7-8,10-13,17H,3-6,9,14-16H2,1-2H3,(H,26,27). The van der Waals surface area contributed by atoms with Crippen molar-refractivity contribution in [2.75, 3.05) is 13.2 Å². The van der Waals surface area contributed by atoms with Gasteiger partial charge in [-0.15, -0.1) is 0 Å². The van der Waals surface area contributed by atoms with Crippen molar-refractivity contribution in [3.63, 3.8) is 0 Å². The van der Waals surface area contributed by atoms with Crippen molar-refractivity contribution in [2.45, 2.75) is 52.4 Å². The van der Waals surface area contributed by atoms with Crippen molar-refractivity contribution < 1.29 is 23.8 Å². The molecule has 0 aliphatic rings. The van der Waals surface area contributed by atoms with Gasteiger partial charge in [-0.25, -0.2) is 0 Å². The highest BCUT2D eigenvalue weighted by Gasteiger charge is 2.14. The number of carbonyl (C=O) groups is 1. The molecule has 30 heavy (non-hydrogen) atoms. The van der Waals surface area contributed by atoms with E-state index < -0.39 is 5.97 Å². The molecule has 0 saturated carbocycles. The van der Waals surface area contributed by atoms with Crippen molar-refractivity contribution in [3.05, 3.63) is 59.4 Å². The molecule has 0 unspecified atom stereocenters. The predicted octanol–water partition coefficient (Wildman–Crippen LogP) is 5.81. The molecule has 0 bridgehead atoms. The molecule has 0 fully saturated rings. The lowest BCUT2D eigenvalue weighted by molar-refractivity contribution is -0.136. The van der Waals surface area contributed by atoms with E-state index in [0.29, 0.717) is 19.6 Å². The van der Waals surface area contributed by atoms with Crippen LogP contribution in [0.4, 0.5) is 0 Å². The third kappa shape index (κ3) is 5.56. The molecule has 5 heteroatoms. The maximum atomic E-state index is 10.6. The van der Waals surface area contributed by atoms with Gasteiger partial charge in [0.25, 0.3) is 0 Å². The van der Waals surface area contributed by atoms with E-state index in [-0.39, 0.29) is 6.42 Å². The number of carboxylic acids is 1. The largest absolute Gasteiger partial charge is 0.493 e. The van der Waals surface area contributed by atoms with Gasteiger partial charge in [-0.2, -0.15) is 0 Å². The van der Waals surface area contributed by atoms with Gasteiger partial charge in [0.15, 0.2) is 0 Å². The fourth-order valence-electron chi connectivity index (χ4n) is 3.52. The van der Waals surface area contributed by atoms with Crippen LogP contribution in [0.25, 0.3) is 11.0 Å². The van der Waals surface area contributed by atoms with Crippen molar-refractivity contribution in [3.8, 4) is 11.5 Å². The molecule has 0 radical (unpaired) electrons. The summed E-state index contributed by atoms with van der Waals surface area (Å²) in [5, 5.41) is 9.93. The van der Waals surface area contributed by atoms with Crippen molar-refractivity contribution >= 4 is 16.9 Å². The summed E-state index contributed by atoms with van der Waals surface area (Å²) >= 11 is 0. The average Bonchev–Trinajstić information content (AvgIpc) is 3.17. The summed E-state index contributed by atoms with van der Waals surface area (Å²) in [5.41, 5.74) is 4.32. The highest BCUT2D eigenvalue weighted by atomic mass is 16.5. The van der Waals surface area contributed by atoms with Crippen LogP contribution in [0.1, 0.15) is 49.8 Å². The predicted molar refractivity (Wildman–Crippen MR) is 118 cm³/mol. The van der Waals surface area contributed by atoms with E-state index in [4.69, 9.17) is 19.0 Å². The number of fused-ring (bicyclic) bond motifs is 1. The zero-order chi connectivity index (χ0) is 21.3. The van der Waals surface area contributed by atoms with E-state index in [9.17, 15) is 4.79 Å². The first-order valence-corrected chi connectivity index (χ1v) is 10.7. The summed E-state index contributed by atoms with van der Waals surface area (Å²) in [7, 11) is 0. The Hall–Kier alpha value is -2.95. The number of benzene rings is 2. The van der Waals surface area contributed by atoms with Crippen LogP contribution in [0.2, 0.25) is 0 Å². The molecule has 0 aliphatic carbocycles. The summed E-state index contributed by atoms with van der Waals surface area (Å²) in [5.74, 6) is 0.892. The van der Waals surface area contributed by atoms with E-state index in [1.807, 2.05) is 30.5 Å². The van der Waals surface area contributed by atoms with Crippen LogP contribution in [-0.2, 0) is 24.1 Å². The van der Waals surface area contributed by atoms with Crippen molar-refractivity contribution in [2.24, 2.45) is 0 Å². The molecule has 1 N–H and O–H groups in total. The van der Waals surface area contributed by atoms with Crippen LogP contribution in [0.3, 0.4) is 0 Å². The van der Waals surface area contributed by atoms with Crippen LogP contribution in [0.5, 0.6) is 11.5 Å². The highest BCUT2D eigenvalue weighted by molar-refractivity contribution is 5.86. The Labute approximate surface area is 177 Å². The zero-order valence-electron chi connectivity index (χ0n) is 17.8. The van der Waals surface area contributed by atoms with Crippen LogP contribution in [0, 0.1) is 0 Å². The quantitative estimate of drug-likeness (QED) is 0.381. The zero-order valence-corrected chi connectivity index (χ0v) is 17.8. The Morgan fingerprint density at radius 2 is 1.77 bits per heavy atom. The molecule has 0 amide bonds. The van der Waals surface area contributed by atoms with Crippen LogP contribution >= 0.6 is 0 Å². The van der Waals surface area contributed by atoms with E-state index >= 15 is 0 Å². The Bertz CT molecular complexity index is 956. The number of rotatable bonds is 12. The van der Waals surface area contributed by atoms with Gasteiger partial charge in [0.1, 0.15) is 17.1 Å². The number of hydrogen-bond acceptors (Lipinski definition) is 4. The molecule has 1 heterocycles.